The van der Waals surface area contributed by atoms with E-state index in [0.717, 1.165) is 42.4 Å². The van der Waals surface area contributed by atoms with E-state index < -0.39 is 5.60 Å². The molecule has 4 fully saturated rings. The number of pyridine rings is 1. The van der Waals surface area contributed by atoms with Gasteiger partial charge in [-0.25, -0.2) is 0 Å². The normalized spacial score (nSPS) is 45.2. The van der Waals surface area contributed by atoms with Crippen LogP contribution in [0.4, 0.5) is 0 Å². The molecule has 4 nitrogen and oxygen atoms in total. The van der Waals surface area contributed by atoms with Gasteiger partial charge >= 0.3 is 0 Å². The van der Waals surface area contributed by atoms with E-state index in [-0.39, 0.29) is 11.9 Å². The van der Waals surface area contributed by atoms with Crippen LogP contribution in [0.15, 0.2) is 24.5 Å². The summed E-state index contributed by atoms with van der Waals surface area (Å²) in [4.78, 5) is 16.8. The van der Waals surface area contributed by atoms with Crippen molar-refractivity contribution >= 4 is 5.91 Å². The van der Waals surface area contributed by atoms with Gasteiger partial charge in [0.1, 0.15) is 0 Å². The van der Waals surface area contributed by atoms with Crippen molar-refractivity contribution in [3.8, 4) is 0 Å². The van der Waals surface area contributed by atoms with Crippen molar-refractivity contribution in [1.82, 2.24) is 10.3 Å². The number of amides is 1. The second-order valence-electron chi connectivity index (χ2n) is 11.9. The molecule has 9 atom stereocenters. The molecule has 4 aliphatic rings. The zero-order chi connectivity index (χ0) is 21.8. The topological polar surface area (TPSA) is 62.2 Å². The van der Waals surface area contributed by atoms with Crippen LogP contribution in [0, 0.1) is 40.9 Å². The lowest BCUT2D eigenvalue weighted by Crippen LogP contribution is -2.52. The summed E-state index contributed by atoms with van der Waals surface area (Å²) < 4.78 is 0. The molecule has 2 N–H and O–H groups in total. The lowest BCUT2D eigenvalue weighted by Gasteiger charge is -2.57. The van der Waals surface area contributed by atoms with E-state index in [1.165, 1.54) is 44.9 Å². The third-order valence-corrected chi connectivity index (χ3v) is 10.2. The fraction of sp³-hybridized carbons (Fsp3) is 0.778. The van der Waals surface area contributed by atoms with Gasteiger partial charge in [0.2, 0.25) is 0 Å². The molecule has 0 radical (unpaired) electrons. The van der Waals surface area contributed by atoms with E-state index in [1.807, 2.05) is 12.1 Å². The quantitative estimate of drug-likeness (QED) is 0.699. The van der Waals surface area contributed by atoms with E-state index in [9.17, 15) is 9.90 Å². The minimum absolute atomic E-state index is 0.0103. The van der Waals surface area contributed by atoms with Gasteiger partial charge in [0.15, 0.2) is 0 Å². The number of hydrogen-bond donors (Lipinski definition) is 2. The van der Waals surface area contributed by atoms with Crippen molar-refractivity contribution in [2.45, 2.75) is 90.2 Å². The van der Waals surface area contributed by atoms with Crippen LogP contribution >= 0.6 is 0 Å². The maximum Gasteiger partial charge on any atom is 0.253 e. The summed E-state index contributed by atoms with van der Waals surface area (Å²) in [6.07, 6.45) is 14.5. The van der Waals surface area contributed by atoms with Crippen molar-refractivity contribution < 1.29 is 9.90 Å². The maximum atomic E-state index is 12.7. The monoisotopic (exact) mass is 424 g/mol. The first-order chi connectivity index (χ1) is 14.8. The molecule has 0 bridgehead atoms. The van der Waals surface area contributed by atoms with Crippen LogP contribution in [-0.2, 0) is 0 Å². The molecular formula is C27H40N2O2. The highest BCUT2D eigenvalue weighted by Gasteiger charge is 2.58. The van der Waals surface area contributed by atoms with Crippen molar-refractivity contribution in [3.05, 3.63) is 30.1 Å². The Balaban J connectivity index is 1.28. The molecule has 0 aromatic carbocycles. The number of nitrogens with one attached hydrogen (secondary N) is 1. The molecule has 5 rings (SSSR count). The van der Waals surface area contributed by atoms with Crippen LogP contribution in [0.25, 0.3) is 0 Å². The first-order valence-corrected chi connectivity index (χ1v) is 12.7. The van der Waals surface area contributed by atoms with Gasteiger partial charge in [-0.05, 0) is 125 Å². The molecule has 1 amide bonds. The number of hydrogen-bond acceptors (Lipinski definition) is 3. The average Bonchev–Trinajstić information content (AvgIpc) is 3.10. The van der Waals surface area contributed by atoms with Gasteiger partial charge in [-0.2, -0.15) is 0 Å². The van der Waals surface area contributed by atoms with E-state index >= 15 is 0 Å². The molecule has 0 aliphatic heterocycles. The third kappa shape index (κ3) is 3.73. The molecule has 31 heavy (non-hydrogen) atoms. The Bertz CT molecular complexity index is 809. The Morgan fingerprint density at radius 1 is 1.10 bits per heavy atom. The van der Waals surface area contributed by atoms with Crippen LogP contribution in [-0.4, -0.2) is 27.6 Å². The minimum Gasteiger partial charge on any atom is -0.390 e. The molecule has 1 aromatic rings. The second kappa shape index (κ2) is 7.86. The van der Waals surface area contributed by atoms with Crippen LogP contribution in [0.1, 0.15) is 88.9 Å². The molecule has 0 saturated heterocycles. The zero-order valence-corrected chi connectivity index (χ0v) is 19.5. The zero-order valence-electron chi connectivity index (χ0n) is 19.5. The van der Waals surface area contributed by atoms with Gasteiger partial charge < -0.3 is 10.4 Å². The predicted molar refractivity (Wildman–Crippen MR) is 122 cm³/mol. The van der Waals surface area contributed by atoms with Gasteiger partial charge in [0.25, 0.3) is 5.91 Å². The summed E-state index contributed by atoms with van der Waals surface area (Å²) in [5.74, 6) is 4.67. The summed E-state index contributed by atoms with van der Waals surface area (Å²) in [7, 11) is 0. The Labute approximate surface area is 187 Å². The molecule has 1 unspecified atom stereocenters. The molecule has 4 saturated carbocycles. The van der Waals surface area contributed by atoms with Gasteiger partial charge in [0.05, 0.1) is 11.2 Å². The standard InChI is InChI=1S/C27H40N2O2/c1-17(29-25(30)19-5-4-14-28-16-19)23-8-9-24-22-7-6-18-15-26(2,31)12-10-20(18)21(22)11-13-27(23,24)3/h4-5,14,16-18,20-24,31H,6-13,15H2,1-3H3,(H,29,30)/t17-,18?,20+,21-,22-,23-,24+,26-,27-/m1/s1. The SMILES string of the molecule is C[C@@H](NC(=O)c1cccnc1)[C@H]1CC[C@H]2[C@@H]3CCC4C[C@](C)(O)CC[C@@H]4[C@H]3CC[C@]12C. The fourth-order valence-electron chi connectivity index (χ4n) is 8.83. The average molecular weight is 425 g/mol. The highest BCUT2D eigenvalue weighted by atomic mass is 16.3. The van der Waals surface area contributed by atoms with Crippen LogP contribution in [0.3, 0.4) is 0 Å². The van der Waals surface area contributed by atoms with Gasteiger partial charge in [-0.3, -0.25) is 9.78 Å². The summed E-state index contributed by atoms with van der Waals surface area (Å²) in [6.45, 7) is 6.81. The lowest BCUT2D eigenvalue weighted by atomic mass is 9.49. The van der Waals surface area contributed by atoms with Crippen LogP contribution in [0.2, 0.25) is 0 Å². The Kier molecular flexibility index (Phi) is 5.44. The second-order valence-corrected chi connectivity index (χ2v) is 11.9. The van der Waals surface area contributed by atoms with E-state index in [4.69, 9.17) is 0 Å². The molecule has 1 aromatic heterocycles. The number of carbonyl (C=O) groups is 1. The number of nitrogens with zero attached hydrogens (tertiary/aromatic N) is 1. The fourth-order valence-corrected chi connectivity index (χ4v) is 8.83. The first kappa shape index (κ1) is 21.4. The molecule has 170 valence electrons. The first-order valence-electron chi connectivity index (χ1n) is 12.7. The smallest absolute Gasteiger partial charge is 0.253 e. The summed E-state index contributed by atoms with van der Waals surface area (Å²) in [5.41, 5.74) is 0.567. The van der Waals surface area contributed by atoms with Crippen molar-refractivity contribution in [2.75, 3.05) is 0 Å². The molecule has 4 heteroatoms. The van der Waals surface area contributed by atoms with Crippen LogP contribution < -0.4 is 5.32 Å². The van der Waals surface area contributed by atoms with E-state index in [2.05, 4.69) is 31.1 Å². The summed E-state index contributed by atoms with van der Waals surface area (Å²) >= 11 is 0. The van der Waals surface area contributed by atoms with Gasteiger partial charge in [0, 0.05) is 18.4 Å². The predicted octanol–water partition coefficient (Wildman–Crippen LogP) is 5.22. The summed E-state index contributed by atoms with van der Waals surface area (Å²) in [5, 5.41) is 13.9. The number of fused-ring (bicyclic) bond motifs is 5. The number of rotatable bonds is 3. The van der Waals surface area contributed by atoms with E-state index in [1.54, 1.807) is 12.4 Å². The molecule has 4 aliphatic carbocycles. The highest BCUT2D eigenvalue weighted by Crippen LogP contribution is 2.65. The number of aliphatic hydroxyl groups is 1. The number of aromatic nitrogens is 1. The number of carbonyl (C=O) groups excluding carboxylic acids is 1. The minimum atomic E-state index is -0.433. The largest absolute Gasteiger partial charge is 0.390 e. The van der Waals surface area contributed by atoms with Crippen LogP contribution in [0.5, 0.6) is 0 Å². The van der Waals surface area contributed by atoms with Gasteiger partial charge in [-0.15, -0.1) is 0 Å². The van der Waals surface area contributed by atoms with Gasteiger partial charge in [-0.1, -0.05) is 6.92 Å². The lowest BCUT2D eigenvalue weighted by molar-refractivity contribution is -0.101. The molecule has 1 heterocycles. The summed E-state index contributed by atoms with van der Waals surface area (Å²) in [6, 6.07) is 3.87. The third-order valence-electron chi connectivity index (χ3n) is 10.2. The van der Waals surface area contributed by atoms with Crippen molar-refractivity contribution in [1.29, 1.82) is 0 Å². The maximum absolute atomic E-state index is 12.7. The Hall–Kier alpha value is -1.42. The van der Waals surface area contributed by atoms with E-state index in [0.29, 0.717) is 16.9 Å². The Morgan fingerprint density at radius 2 is 1.90 bits per heavy atom. The molecular weight excluding hydrogens is 384 g/mol. The molecule has 0 spiro atoms. The van der Waals surface area contributed by atoms with Crippen molar-refractivity contribution in [3.63, 3.8) is 0 Å². The van der Waals surface area contributed by atoms with Crippen molar-refractivity contribution in [2.24, 2.45) is 40.9 Å². The highest BCUT2D eigenvalue weighted by molar-refractivity contribution is 5.94. The Morgan fingerprint density at radius 3 is 2.68 bits per heavy atom.